The van der Waals surface area contributed by atoms with Crippen molar-refractivity contribution < 1.29 is 0 Å². The molecule has 3 aliphatic heterocycles. The van der Waals surface area contributed by atoms with Gasteiger partial charge in [-0.15, -0.1) is 11.3 Å². The molecule has 0 amide bonds. The van der Waals surface area contributed by atoms with E-state index in [1.54, 1.807) is 11.3 Å². The number of thiazole rings is 1. The van der Waals surface area contributed by atoms with Gasteiger partial charge in [-0.2, -0.15) is 5.10 Å². The van der Waals surface area contributed by atoms with Gasteiger partial charge in [0.1, 0.15) is 5.82 Å². The average Bonchev–Trinajstić information content (AvgIpc) is 3.88. The van der Waals surface area contributed by atoms with Gasteiger partial charge >= 0.3 is 0 Å². The Hall–Kier alpha value is -5.97. The fourth-order valence-electron chi connectivity index (χ4n) is 11.4. The van der Waals surface area contributed by atoms with Gasteiger partial charge in [-0.3, -0.25) is 9.58 Å². The van der Waals surface area contributed by atoms with Crippen molar-refractivity contribution in [2.24, 2.45) is 18.9 Å². The van der Waals surface area contributed by atoms with Crippen LogP contribution in [0.5, 0.6) is 0 Å². The van der Waals surface area contributed by atoms with Crippen LogP contribution >= 0.6 is 11.3 Å². The van der Waals surface area contributed by atoms with Crippen LogP contribution in [0.25, 0.3) is 33.8 Å². The molecule has 3 aromatic heterocycles. The van der Waals surface area contributed by atoms with Gasteiger partial charge in [-0.1, -0.05) is 95.8 Å². The van der Waals surface area contributed by atoms with Gasteiger partial charge in [0.2, 0.25) is 0 Å². The summed E-state index contributed by atoms with van der Waals surface area (Å²) in [4.78, 5) is 18.6. The number of allylic oxidation sites excluding steroid dienone is 2. The Balaban J connectivity index is 0.000000192. The van der Waals surface area contributed by atoms with Crippen molar-refractivity contribution in [2.75, 3.05) is 54.4 Å². The number of hydrogen-bond acceptors (Lipinski definition) is 9. The minimum Gasteiger partial charge on any atom is -0.369 e. The van der Waals surface area contributed by atoms with E-state index in [4.69, 9.17) is 10.1 Å². The molecule has 372 valence electrons. The van der Waals surface area contributed by atoms with Crippen LogP contribution in [0.4, 0.5) is 16.6 Å². The van der Waals surface area contributed by atoms with Crippen molar-refractivity contribution >= 4 is 50.6 Å². The van der Waals surface area contributed by atoms with E-state index in [9.17, 15) is 0 Å². The summed E-state index contributed by atoms with van der Waals surface area (Å²) in [6.45, 7) is 35.4. The Kier molecular flexibility index (Phi) is 15.6. The van der Waals surface area contributed by atoms with E-state index >= 15 is 0 Å². The fourth-order valence-corrected chi connectivity index (χ4v) is 12.2. The number of benzene rings is 3. The Morgan fingerprint density at radius 2 is 1.66 bits per heavy atom. The molecular formula is C61H77N9S. The third kappa shape index (κ3) is 11.2. The number of unbranched alkanes of at least 4 members (excludes halogenated alkanes) is 1. The van der Waals surface area contributed by atoms with Crippen LogP contribution in [0, 0.1) is 32.6 Å². The number of nitrogens with zero attached hydrogens (tertiary/aromatic N) is 7. The molecule has 71 heavy (non-hydrogen) atoms. The highest BCUT2D eigenvalue weighted by molar-refractivity contribution is 7.15. The van der Waals surface area contributed by atoms with E-state index in [-0.39, 0.29) is 5.92 Å². The van der Waals surface area contributed by atoms with Gasteiger partial charge in [0, 0.05) is 96.4 Å². The van der Waals surface area contributed by atoms with Gasteiger partial charge in [-0.25, -0.2) is 9.97 Å². The quantitative estimate of drug-likeness (QED) is 0.119. The van der Waals surface area contributed by atoms with Crippen molar-refractivity contribution in [2.45, 2.75) is 111 Å². The molecule has 10 rings (SSSR count). The number of rotatable bonds is 13. The number of aromatic nitrogens is 4. The SMILES string of the molecule is C=C1CCC(c2nn(C)c3cc(N4CCN(CCCC)CC4)ccc23)C(=C)N1.C=Cc1nc(N2CCc3cccc(C(=C)Nc4nc(C)c(C)s4)c3C2)ccc1-c1cccc(CC2CCC(C)CC2)c1C. The summed E-state index contributed by atoms with van der Waals surface area (Å²) >= 11 is 1.67. The largest absolute Gasteiger partial charge is 0.369 e. The van der Waals surface area contributed by atoms with Gasteiger partial charge in [0.15, 0.2) is 5.13 Å². The highest BCUT2D eigenvalue weighted by atomic mass is 32.1. The zero-order valence-electron chi connectivity index (χ0n) is 43.5. The van der Waals surface area contributed by atoms with Gasteiger partial charge in [-0.05, 0) is 148 Å². The zero-order chi connectivity index (χ0) is 49.8. The summed E-state index contributed by atoms with van der Waals surface area (Å²) in [5.74, 6) is 2.93. The maximum atomic E-state index is 5.18. The van der Waals surface area contributed by atoms with Crippen molar-refractivity contribution in [3.63, 3.8) is 0 Å². The molecular weight excluding hydrogens is 891 g/mol. The summed E-state index contributed by atoms with van der Waals surface area (Å²) in [6, 6.07) is 24.6. The van der Waals surface area contributed by atoms with Crippen LogP contribution in [0.15, 0.2) is 104 Å². The lowest BCUT2D eigenvalue weighted by molar-refractivity contribution is 0.254. The first-order chi connectivity index (χ1) is 34.4. The number of hydrogen-bond donors (Lipinski definition) is 2. The predicted molar refractivity (Wildman–Crippen MR) is 302 cm³/mol. The minimum absolute atomic E-state index is 0.252. The van der Waals surface area contributed by atoms with Gasteiger partial charge in [0.25, 0.3) is 0 Å². The molecule has 3 fully saturated rings. The Labute approximate surface area is 428 Å². The molecule has 0 radical (unpaired) electrons. The first-order valence-electron chi connectivity index (χ1n) is 26.4. The molecule has 1 atom stereocenters. The molecule has 3 aromatic carbocycles. The molecule has 6 aromatic rings. The van der Waals surface area contributed by atoms with Gasteiger partial charge < -0.3 is 20.4 Å². The third-order valence-electron chi connectivity index (χ3n) is 15.9. The second-order valence-corrected chi connectivity index (χ2v) is 22.0. The normalized spacial score (nSPS) is 19.5. The highest BCUT2D eigenvalue weighted by Crippen LogP contribution is 2.39. The van der Waals surface area contributed by atoms with E-state index < -0.39 is 0 Å². The topological polar surface area (TPSA) is 77.4 Å². The molecule has 10 heteroatoms. The van der Waals surface area contributed by atoms with Crippen molar-refractivity contribution in [3.8, 4) is 11.1 Å². The lowest BCUT2D eigenvalue weighted by Gasteiger charge is -2.36. The van der Waals surface area contributed by atoms with Crippen LogP contribution in [0.1, 0.15) is 121 Å². The molecule has 1 saturated carbocycles. The van der Waals surface area contributed by atoms with Gasteiger partial charge in [0.05, 0.1) is 22.6 Å². The molecule has 0 bridgehead atoms. The van der Waals surface area contributed by atoms with Crippen molar-refractivity contribution in [3.05, 3.63) is 154 Å². The highest BCUT2D eigenvalue weighted by Gasteiger charge is 2.28. The Morgan fingerprint density at radius 3 is 2.39 bits per heavy atom. The predicted octanol–water partition coefficient (Wildman–Crippen LogP) is 13.8. The molecule has 9 nitrogen and oxygen atoms in total. The number of aryl methyl sites for hydroxylation is 3. The molecule has 6 heterocycles. The molecule has 4 aliphatic rings. The molecule has 0 spiro atoms. The van der Waals surface area contributed by atoms with E-state index in [0.717, 1.165) is 121 Å². The van der Waals surface area contributed by atoms with E-state index in [1.807, 2.05) is 17.7 Å². The van der Waals surface area contributed by atoms with Crippen LogP contribution in [-0.4, -0.2) is 63.9 Å². The minimum atomic E-state index is 0.252. The third-order valence-corrected chi connectivity index (χ3v) is 16.9. The molecule has 2 saturated heterocycles. The Bertz CT molecular complexity index is 2890. The van der Waals surface area contributed by atoms with E-state index in [0.29, 0.717) is 0 Å². The first kappa shape index (κ1) is 50.0. The lowest BCUT2D eigenvalue weighted by atomic mass is 9.79. The smallest absolute Gasteiger partial charge is 0.187 e. The molecule has 1 unspecified atom stereocenters. The maximum absolute atomic E-state index is 5.18. The summed E-state index contributed by atoms with van der Waals surface area (Å²) in [6.07, 6.45) is 14.1. The number of piperidine rings is 1. The van der Waals surface area contributed by atoms with E-state index in [2.05, 4.69) is 158 Å². The van der Waals surface area contributed by atoms with Crippen LogP contribution in [-0.2, 0) is 26.4 Å². The number of fused-ring (bicyclic) bond motifs is 2. The number of nitrogens with one attached hydrogen (secondary N) is 2. The second kappa shape index (κ2) is 22.2. The standard InChI is InChI=1S/C38H44N4S.C23H33N5/c1-7-36-34(32-12-9-11-31(25(32)3)22-29-16-14-24(2)15-17-29)18-19-37(41-36)42-21-20-30-10-8-13-33(35(30)23-42)27(5)40-38-39-26(4)28(6)43-38;1-5-6-11-27-12-14-28(15-13-27)19-8-10-21-22(16-19)26(4)25-23(21)20-9-7-17(2)24-18(20)3/h7-13,18-19,24,29H,1,5,14-17,20-23H2,2-4,6H3,(H,39,40);8,10,16,20,24H,2-3,5-7,9,11-15H2,1,4H3. The van der Waals surface area contributed by atoms with Crippen molar-refractivity contribution in [1.82, 2.24) is 30.0 Å². The van der Waals surface area contributed by atoms with Crippen LogP contribution in [0.3, 0.4) is 0 Å². The Morgan fingerprint density at radius 1 is 0.873 bits per heavy atom. The number of pyridine rings is 1. The molecule has 1 aliphatic carbocycles. The average molecular weight is 968 g/mol. The lowest BCUT2D eigenvalue weighted by Crippen LogP contribution is -2.46. The van der Waals surface area contributed by atoms with E-state index in [1.165, 1.54) is 106 Å². The first-order valence-corrected chi connectivity index (χ1v) is 27.2. The van der Waals surface area contributed by atoms with Crippen molar-refractivity contribution in [1.29, 1.82) is 0 Å². The summed E-state index contributed by atoms with van der Waals surface area (Å²) in [7, 11) is 2.05. The maximum Gasteiger partial charge on any atom is 0.187 e. The summed E-state index contributed by atoms with van der Waals surface area (Å²) < 4.78 is 2.03. The van der Waals surface area contributed by atoms with Crippen LogP contribution in [0.2, 0.25) is 0 Å². The molecule has 2 N–H and O–H groups in total. The fraction of sp³-hybridized carbons (Fsp3) is 0.426. The second-order valence-electron chi connectivity index (χ2n) is 20.8. The zero-order valence-corrected chi connectivity index (χ0v) is 44.4. The number of piperazine rings is 1. The summed E-state index contributed by atoms with van der Waals surface area (Å²) in [5, 5.41) is 13.8. The number of anilines is 3. The van der Waals surface area contributed by atoms with Crippen LogP contribution < -0.4 is 20.4 Å². The monoisotopic (exact) mass is 968 g/mol. The summed E-state index contributed by atoms with van der Waals surface area (Å²) in [5.41, 5.74) is 17.8.